The molecule has 1 atom stereocenters. The summed E-state index contributed by atoms with van der Waals surface area (Å²) in [5.41, 5.74) is 11.3. The second kappa shape index (κ2) is 9.64. The Morgan fingerprint density at radius 2 is 2.00 bits per heavy atom. The van der Waals surface area contributed by atoms with E-state index in [1.807, 2.05) is 30.3 Å². The lowest BCUT2D eigenvalue weighted by atomic mass is 10.1. The predicted octanol–water partition coefficient (Wildman–Crippen LogP) is 3.59. The van der Waals surface area contributed by atoms with E-state index in [4.69, 9.17) is 15.5 Å². The average Bonchev–Trinajstić information content (AvgIpc) is 3.33. The summed E-state index contributed by atoms with van der Waals surface area (Å²) in [6, 6.07) is 13.1. The van der Waals surface area contributed by atoms with E-state index in [0.717, 1.165) is 37.9 Å². The number of benzene rings is 2. The van der Waals surface area contributed by atoms with Gasteiger partial charge in [0.25, 0.3) is 0 Å². The number of ether oxygens (including phenoxy) is 1. The predicted molar refractivity (Wildman–Crippen MR) is 127 cm³/mol. The van der Waals surface area contributed by atoms with Crippen LogP contribution in [0.25, 0.3) is 21.5 Å². The maximum atomic E-state index is 12.7. The van der Waals surface area contributed by atoms with Crippen molar-refractivity contribution in [3.05, 3.63) is 69.8 Å². The minimum atomic E-state index is -0.461. The molecule has 4 rings (SSSR count). The fourth-order valence-electron chi connectivity index (χ4n) is 3.61. The summed E-state index contributed by atoms with van der Waals surface area (Å²) in [5.74, 6) is 0. The summed E-state index contributed by atoms with van der Waals surface area (Å²) in [6.45, 7) is 0.470. The van der Waals surface area contributed by atoms with Crippen LogP contribution < -0.4 is 16.7 Å². The molecule has 7 nitrogen and oxygen atoms in total. The molecule has 0 aliphatic heterocycles. The molecule has 0 spiro atoms. The minimum Gasteiger partial charge on any atom is -0.378 e. The smallest absolute Gasteiger partial charge is 0.326 e. The van der Waals surface area contributed by atoms with Crippen LogP contribution in [-0.4, -0.2) is 34.2 Å². The average molecular weight is 456 g/mol. The van der Waals surface area contributed by atoms with Crippen LogP contribution in [0, 0.1) is 0 Å². The molecular weight excluding hydrogens is 429 g/mol. The highest BCUT2D eigenvalue weighted by molar-refractivity contribution is 7.19. The number of nitrogens with zero attached hydrogens (tertiary/aromatic N) is 2. The van der Waals surface area contributed by atoms with Gasteiger partial charge in [0.05, 0.1) is 28.2 Å². The number of imidazole rings is 1. The Morgan fingerprint density at radius 3 is 2.72 bits per heavy atom. The quantitative estimate of drug-likeness (QED) is 0.358. The first-order chi connectivity index (χ1) is 15.5. The van der Waals surface area contributed by atoms with E-state index in [1.54, 1.807) is 30.9 Å². The van der Waals surface area contributed by atoms with E-state index >= 15 is 0 Å². The monoisotopic (exact) mass is 455 g/mol. The van der Waals surface area contributed by atoms with E-state index < -0.39 is 6.67 Å². The van der Waals surface area contributed by atoms with Gasteiger partial charge in [-0.1, -0.05) is 41.7 Å². The Bertz CT molecular complexity index is 1260. The topological polar surface area (TPSA) is 98.0 Å². The molecule has 0 unspecified atom stereocenters. The Balaban J connectivity index is 1.50. The van der Waals surface area contributed by atoms with Crippen molar-refractivity contribution in [2.24, 2.45) is 12.8 Å². The molecule has 2 heterocycles. The molecule has 168 valence electrons. The highest BCUT2D eigenvalue weighted by atomic mass is 32.1. The number of hydrogen-bond donors (Lipinski definition) is 3. The summed E-state index contributed by atoms with van der Waals surface area (Å²) in [5, 5.41) is 4.10. The van der Waals surface area contributed by atoms with Crippen LogP contribution in [0.1, 0.15) is 16.8 Å². The molecule has 0 aliphatic carbocycles. The van der Waals surface area contributed by atoms with Gasteiger partial charge in [-0.25, -0.2) is 14.2 Å². The number of hydrogen-bond acceptors (Lipinski definition) is 6. The number of fused-ring (bicyclic) bond motifs is 1. The minimum absolute atomic E-state index is 0.116. The number of alkyl halides is 1. The second-order valence-electron chi connectivity index (χ2n) is 7.74. The SMILES string of the molecule is COCc1nc(NC[C@@H](N)Cc2ccc(CF)cc2)sc1-c1ccc2[nH]c(=O)n(C)c2c1. The number of methoxy groups -OCH3 is 1. The normalized spacial score (nSPS) is 12.4. The van der Waals surface area contributed by atoms with Gasteiger partial charge < -0.3 is 20.8 Å². The third-order valence-corrected chi connectivity index (χ3v) is 6.44. The number of anilines is 1. The summed E-state index contributed by atoms with van der Waals surface area (Å²) in [4.78, 5) is 20.4. The van der Waals surface area contributed by atoms with Gasteiger partial charge >= 0.3 is 5.69 Å². The molecule has 0 saturated carbocycles. The molecule has 0 amide bonds. The number of aromatic amines is 1. The standard InChI is InChI=1S/C23H26FN5O2S/c1-29-20-10-16(7-8-18(20)28-23(29)30)21-19(13-31-2)27-22(32-21)26-12-17(25)9-14-3-5-15(11-24)6-4-14/h3-8,10,17H,9,11-13,25H2,1-2H3,(H,26,27)(H,28,30)/t17-/m0/s1. The Hall–Kier alpha value is -3.01. The number of aryl methyl sites for hydroxylation is 1. The Labute approximate surface area is 189 Å². The van der Waals surface area contributed by atoms with Crippen molar-refractivity contribution in [3.8, 4) is 10.4 Å². The maximum absolute atomic E-state index is 12.7. The Morgan fingerprint density at radius 1 is 1.25 bits per heavy atom. The summed E-state index contributed by atoms with van der Waals surface area (Å²) < 4.78 is 19.6. The van der Waals surface area contributed by atoms with Crippen molar-refractivity contribution in [1.82, 2.24) is 14.5 Å². The van der Waals surface area contributed by atoms with Gasteiger partial charge in [-0.15, -0.1) is 0 Å². The van der Waals surface area contributed by atoms with Crippen molar-refractivity contribution in [2.45, 2.75) is 25.7 Å². The third-order valence-electron chi connectivity index (χ3n) is 5.34. The van der Waals surface area contributed by atoms with Crippen molar-refractivity contribution in [1.29, 1.82) is 0 Å². The molecule has 4 aromatic rings. The van der Waals surface area contributed by atoms with Gasteiger partial charge in [0.2, 0.25) is 0 Å². The Kier molecular flexibility index (Phi) is 6.69. The third kappa shape index (κ3) is 4.74. The van der Waals surface area contributed by atoms with Crippen LogP contribution in [-0.2, 0) is 31.5 Å². The highest BCUT2D eigenvalue weighted by Crippen LogP contribution is 2.34. The van der Waals surface area contributed by atoms with Crippen LogP contribution in [0.2, 0.25) is 0 Å². The first-order valence-corrected chi connectivity index (χ1v) is 11.1. The summed E-state index contributed by atoms with van der Waals surface area (Å²) in [7, 11) is 3.38. The van der Waals surface area contributed by atoms with Crippen molar-refractivity contribution in [3.63, 3.8) is 0 Å². The molecule has 2 aromatic heterocycles. The van der Waals surface area contributed by atoms with Crippen molar-refractivity contribution >= 4 is 27.5 Å². The van der Waals surface area contributed by atoms with Crippen LogP contribution in [0.3, 0.4) is 0 Å². The molecule has 4 N–H and O–H groups in total. The van der Waals surface area contributed by atoms with Crippen LogP contribution in [0.4, 0.5) is 9.52 Å². The molecule has 0 aliphatic rings. The van der Waals surface area contributed by atoms with E-state index in [-0.39, 0.29) is 11.7 Å². The largest absolute Gasteiger partial charge is 0.378 e. The van der Waals surface area contributed by atoms with E-state index in [2.05, 4.69) is 10.3 Å². The lowest BCUT2D eigenvalue weighted by Crippen LogP contribution is -2.31. The van der Waals surface area contributed by atoms with E-state index in [1.165, 1.54) is 11.3 Å². The van der Waals surface area contributed by atoms with Gasteiger partial charge in [-0.05, 0) is 35.2 Å². The van der Waals surface area contributed by atoms with Crippen LogP contribution in [0.5, 0.6) is 0 Å². The van der Waals surface area contributed by atoms with Crippen molar-refractivity contribution < 1.29 is 9.13 Å². The van der Waals surface area contributed by atoms with Gasteiger partial charge in [0.15, 0.2) is 5.13 Å². The fourth-order valence-corrected chi connectivity index (χ4v) is 4.58. The molecule has 0 bridgehead atoms. The molecule has 0 fully saturated rings. The molecular formula is C23H26FN5O2S. The van der Waals surface area contributed by atoms with Gasteiger partial charge in [-0.2, -0.15) is 0 Å². The van der Waals surface area contributed by atoms with E-state index in [9.17, 15) is 9.18 Å². The van der Waals surface area contributed by atoms with Crippen molar-refractivity contribution in [2.75, 3.05) is 19.0 Å². The zero-order chi connectivity index (χ0) is 22.7. The molecule has 9 heteroatoms. The molecule has 32 heavy (non-hydrogen) atoms. The first kappa shape index (κ1) is 22.2. The maximum Gasteiger partial charge on any atom is 0.326 e. The van der Waals surface area contributed by atoms with Crippen LogP contribution in [0.15, 0.2) is 47.3 Å². The van der Waals surface area contributed by atoms with Gasteiger partial charge in [0, 0.05) is 26.7 Å². The number of rotatable bonds is 9. The molecule has 2 aromatic carbocycles. The van der Waals surface area contributed by atoms with Gasteiger partial charge in [0.1, 0.15) is 6.67 Å². The van der Waals surface area contributed by atoms with Gasteiger partial charge in [-0.3, -0.25) is 4.57 Å². The number of aromatic nitrogens is 3. The van der Waals surface area contributed by atoms with Crippen LogP contribution >= 0.6 is 11.3 Å². The lowest BCUT2D eigenvalue weighted by molar-refractivity contribution is 0.182. The molecule has 0 radical (unpaired) electrons. The van der Waals surface area contributed by atoms with E-state index in [0.29, 0.717) is 25.1 Å². The number of nitrogens with one attached hydrogen (secondary N) is 2. The zero-order valence-electron chi connectivity index (χ0n) is 18.0. The number of H-pyrrole nitrogens is 1. The first-order valence-electron chi connectivity index (χ1n) is 10.3. The number of thiazole rings is 1. The lowest BCUT2D eigenvalue weighted by Gasteiger charge is -2.12. The summed E-state index contributed by atoms with van der Waals surface area (Å²) in [6.07, 6.45) is 0.681. The zero-order valence-corrected chi connectivity index (χ0v) is 18.8. The molecule has 0 saturated heterocycles. The highest BCUT2D eigenvalue weighted by Gasteiger charge is 2.15. The number of halogens is 1. The fraction of sp³-hybridized carbons (Fsp3) is 0.304. The number of nitrogens with two attached hydrogens (primary N) is 1. The second-order valence-corrected chi connectivity index (χ2v) is 8.74. The summed E-state index contributed by atoms with van der Waals surface area (Å²) >= 11 is 1.53.